The number of fused-ring (bicyclic) bond motifs is 1. The molecule has 2 aliphatic rings. The summed E-state index contributed by atoms with van der Waals surface area (Å²) in [6.45, 7) is 10.2. The summed E-state index contributed by atoms with van der Waals surface area (Å²) in [5.41, 5.74) is -0.256. The van der Waals surface area contributed by atoms with Crippen molar-refractivity contribution in [1.29, 1.82) is 0 Å². The van der Waals surface area contributed by atoms with E-state index >= 15 is 0 Å². The van der Waals surface area contributed by atoms with E-state index in [9.17, 15) is 22.8 Å². The maximum atomic E-state index is 13.2. The molecule has 3 amide bonds. The van der Waals surface area contributed by atoms with Crippen molar-refractivity contribution >= 4 is 27.9 Å². The lowest BCUT2D eigenvalue weighted by molar-refractivity contribution is 0.0244. The van der Waals surface area contributed by atoms with Crippen LogP contribution in [0.25, 0.3) is 0 Å². The Morgan fingerprint density at radius 2 is 1.91 bits per heavy atom. The zero-order valence-corrected chi connectivity index (χ0v) is 20.9. The highest BCUT2D eigenvalue weighted by Gasteiger charge is 2.43. The quantitative estimate of drug-likeness (QED) is 0.658. The van der Waals surface area contributed by atoms with Crippen LogP contribution in [-0.4, -0.2) is 78.8 Å². The minimum atomic E-state index is -3.98. The van der Waals surface area contributed by atoms with E-state index < -0.39 is 33.7 Å². The molecule has 1 unspecified atom stereocenters. The smallest absolute Gasteiger partial charge is 0.410 e. The molecule has 0 saturated carbocycles. The van der Waals surface area contributed by atoms with Gasteiger partial charge in [-0.05, 0) is 71.6 Å². The Morgan fingerprint density at radius 3 is 2.52 bits per heavy atom. The number of carbonyl (C=O) groups is 3. The second-order valence-corrected chi connectivity index (χ2v) is 11.8. The van der Waals surface area contributed by atoms with E-state index in [4.69, 9.17) is 4.74 Å². The number of carbonyl (C=O) groups excluding carboxylic acids is 3. The Balaban J connectivity index is 1.73. The van der Waals surface area contributed by atoms with Gasteiger partial charge in [0.2, 0.25) is 0 Å². The van der Waals surface area contributed by atoms with E-state index in [1.54, 1.807) is 25.8 Å². The first-order chi connectivity index (χ1) is 15.2. The molecule has 0 spiro atoms. The van der Waals surface area contributed by atoms with Crippen molar-refractivity contribution in [2.75, 3.05) is 26.7 Å². The van der Waals surface area contributed by atoms with E-state index in [-0.39, 0.29) is 27.8 Å². The molecule has 0 bridgehead atoms. The molecule has 33 heavy (non-hydrogen) atoms. The molecular formula is C23H33N3O6S. The molecule has 0 N–H and O–H groups in total. The molecule has 1 aromatic carbocycles. The second kappa shape index (κ2) is 8.96. The number of likely N-dealkylation sites (tertiary alicyclic amines) is 1. The number of hydrogen-bond acceptors (Lipinski definition) is 6. The van der Waals surface area contributed by atoms with Gasteiger partial charge in [-0.15, -0.1) is 0 Å². The maximum absolute atomic E-state index is 13.2. The first-order valence-electron chi connectivity index (χ1n) is 11.2. The van der Waals surface area contributed by atoms with E-state index in [1.165, 1.54) is 23.1 Å². The van der Waals surface area contributed by atoms with Crippen molar-refractivity contribution in [1.82, 2.24) is 14.1 Å². The van der Waals surface area contributed by atoms with Gasteiger partial charge < -0.3 is 14.5 Å². The number of sulfonamides is 1. The fourth-order valence-corrected chi connectivity index (χ4v) is 6.07. The number of nitrogens with zero attached hydrogens (tertiary/aromatic N) is 3. The zero-order valence-electron chi connectivity index (χ0n) is 20.1. The monoisotopic (exact) mass is 479 g/mol. The van der Waals surface area contributed by atoms with Gasteiger partial charge in [0.15, 0.2) is 0 Å². The van der Waals surface area contributed by atoms with Crippen LogP contribution in [0.4, 0.5) is 4.79 Å². The Bertz CT molecular complexity index is 1060. The van der Waals surface area contributed by atoms with Crippen LogP contribution < -0.4 is 0 Å². The van der Waals surface area contributed by atoms with E-state index in [0.717, 1.165) is 17.1 Å². The van der Waals surface area contributed by atoms with Gasteiger partial charge in [-0.3, -0.25) is 9.59 Å². The Labute approximate surface area is 195 Å². The van der Waals surface area contributed by atoms with E-state index in [2.05, 4.69) is 0 Å². The normalized spacial score (nSPS) is 20.1. The first-order valence-corrected chi connectivity index (χ1v) is 12.6. The highest BCUT2D eigenvalue weighted by molar-refractivity contribution is 7.90. The number of piperidine rings is 1. The summed E-state index contributed by atoms with van der Waals surface area (Å²) in [5, 5.41) is 0. The van der Waals surface area contributed by atoms with Crippen LogP contribution in [0.5, 0.6) is 0 Å². The predicted molar refractivity (Wildman–Crippen MR) is 122 cm³/mol. The minimum absolute atomic E-state index is 0.0800. The SMILES string of the molecule is CC(C)N1C(=O)c2ccc(C(=O)N3CCCC(CN(C)C(=O)OC(C)(C)C)C3)cc2S1(=O)=O. The molecule has 1 atom stereocenters. The summed E-state index contributed by atoms with van der Waals surface area (Å²) in [6, 6.07) is 3.72. The third-order valence-electron chi connectivity index (χ3n) is 5.71. The van der Waals surface area contributed by atoms with Crippen molar-refractivity contribution in [2.45, 2.75) is 64.0 Å². The Hall–Kier alpha value is -2.62. The standard InChI is InChI=1S/C23H33N3O6S/c1-15(2)26-21(28)18-10-9-17(12-19(18)33(26,30)31)20(27)25-11-7-8-16(14-25)13-24(6)22(29)32-23(3,4)5/h9-10,12,15-16H,7-8,11,13-14H2,1-6H3. The van der Waals surface area contributed by atoms with Gasteiger partial charge in [0.25, 0.3) is 21.8 Å². The summed E-state index contributed by atoms with van der Waals surface area (Å²) in [5.74, 6) is -0.772. The lowest BCUT2D eigenvalue weighted by Crippen LogP contribution is -2.45. The molecule has 3 rings (SSSR count). The van der Waals surface area contributed by atoms with Gasteiger partial charge in [-0.2, -0.15) is 0 Å². The number of ether oxygens (including phenoxy) is 1. The van der Waals surface area contributed by atoms with Gasteiger partial charge in [-0.25, -0.2) is 17.5 Å². The zero-order chi connectivity index (χ0) is 24.7. The predicted octanol–water partition coefficient (Wildman–Crippen LogP) is 2.96. The minimum Gasteiger partial charge on any atom is -0.444 e. The highest BCUT2D eigenvalue weighted by atomic mass is 32.2. The average Bonchev–Trinajstić information content (AvgIpc) is 2.91. The van der Waals surface area contributed by atoms with Crippen LogP contribution in [0, 0.1) is 5.92 Å². The molecule has 1 fully saturated rings. The van der Waals surface area contributed by atoms with Crippen molar-refractivity contribution < 1.29 is 27.5 Å². The Morgan fingerprint density at radius 1 is 1.24 bits per heavy atom. The fourth-order valence-electron chi connectivity index (χ4n) is 4.27. The third kappa shape index (κ3) is 5.15. The molecule has 2 heterocycles. The van der Waals surface area contributed by atoms with Gasteiger partial charge in [-0.1, -0.05) is 0 Å². The fraction of sp³-hybridized carbons (Fsp3) is 0.609. The molecular weight excluding hydrogens is 446 g/mol. The van der Waals surface area contributed by atoms with Crippen molar-refractivity contribution in [3.63, 3.8) is 0 Å². The Kier molecular flexibility index (Phi) is 6.79. The lowest BCUT2D eigenvalue weighted by atomic mass is 9.96. The van der Waals surface area contributed by atoms with Gasteiger partial charge in [0, 0.05) is 38.3 Å². The summed E-state index contributed by atoms with van der Waals surface area (Å²) in [4.78, 5) is 41.1. The van der Waals surface area contributed by atoms with Crippen molar-refractivity contribution in [3.05, 3.63) is 29.3 Å². The second-order valence-electron chi connectivity index (χ2n) is 10.0. The van der Waals surface area contributed by atoms with Crippen LogP contribution in [0.3, 0.4) is 0 Å². The summed E-state index contributed by atoms with van der Waals surface area (Å²) in [6.07, 6.45) is 1.24. The van der Waals surface area contributed by atoms with Crippen LogP contribution in [-0.2, 0) is 14.8 Å². The molecule has 0 radical (unpaired) electrons. The first kappa shape index (κ1) is 25.0. The van der Waals surface area contributed by atoms with Crippen LogP contribution in [0.1, 0.15) is 68.2 Å². The molecule has 9 nitrogen and oxygen atoms in total. The molecule has 1 saturated heterocycles. The average molecular weight is 480 g/mol. The summed E-state index contributed by atoms with van der Waals surface area (Å²) >= 11 is 0. The molecule has 10 heteroatoms. The molecule has 0 aliphatic carbocycles. The van der Waals surface area contributed by atoms with Crippen LogP contribution in [0.2, 0.25) is 0 Å². The number of hydrogen-bond donors (Lipinski definition) is 0. The van der Waals surface area contributed by atoms with E-state index in [1.807, 2.05) is 20.8 Å². The van der Waals surface area contributed by atoms with Gasteiger partial charge in [0.1, 0.15) is 10.5 Å². The highest BCUT2D eigenvalue weighted by Crippen LogP contribution is 2.33. The molecule has 0 aromatic heterocycles. The van der Waals surface area contributed by atoms with E-state index in [0.29, 0.717) is 19.6 Å². The van der Waals surface area contributed by atoms with Crippen molar-refractivity contribution in [2.24, 2.45) is 5.92 Å². The number of amides is 3. The van der Waals surface area contributed by atoms with Crippen LogP contribution >= 0.6 is 0 Å². The molecule has 182 valence electrons. The maximum Gasteiger partial charge on any atom is 0.410 e. The topological polar surface area (TPSA) is 104 Å². The van der Waals surface area contributed by atoms with Crippen molar-refractivity contribution in [3.8, 4) is 0 Å². The summed E-state index contributed by atoms with van der Waals surface area (Å²) < 4.78 is 32.0. The van der Waals surface area contributed by atoms with Gasteiger partial charge >= 0.3 is 6.09 Å². The summed E-state index contributed by atoms with van der Waals surface area (Å²) in [7, 11) is -2.30. The molecule has 2 aliphatic heterocycles. The van der Waals surface area contributed by atoms with Crippen LogP contribution in [0.15, 0.2) is 23.1 Å². The largest absolute Gasteiger partial charge is 0.444 e. The lowest BCUT2D eigenvalue weighted by Gasteiger charge is -2.35. The number of rotatable bonds is 4. The number of benzene rings is 1. The molecule has 1 aromatic rings. The third-order valence-corrected chi connectivity index (χ3v) is 7.71. The van der Waals surface area contributed by atoms with Gasteiger partial charge in [0.05, 0.1) is 5.56 Å².